The maximum absolute atomic E-state index is 13.1. The largest absolute Gasteiger partial charge is 0.472 e. The van der Waals surface area contributed by atoms with Gasteiger partial charge in [-0.05, 0) is 135 Å². The Bertz CT molecular complexity index is 2570. The van der Waals surface area contributed by atoms with Crippen LogP contribution in [0, 0.1) is 0 Å². The molecular weight excluding hydrogens is 1310 g/mol. The summed E-state index contributed by atoms with van der Waals surface area (Å²) in [5.74, 6) is -2.51. The van der Waals surface area contributed by atoms with E-state index < -0.39 is 97.5 Å². The van der Waals surface area contributed by atoms with Gasteiger partial charge in [-0.15, -0.1) is 0 Å². The molecule has 0 aliphatic heterocycles. The summed E-state index contributed by atoms with van der Waals surface area (Å²) < 4.78 is 68.1. The van der Waals surface area contributed by atoms with Crippen LogP contribution < -0.4 is 0 Å². The van der Waals surface area contributed by atoms with E-state index >= 15 is 0 Å². The number of carbonyl (C=O) groups excluding carboxylic acids is 4. The maximum atomic E-state index is 13.1. The number of carbonyl (C=O) groups is 4. The van der Waals surface area contributed by atoms with Crippen molar-refractivity contribution < 1.29 is 80.2 Å². The Morgan fingerprint density at radius 3 is 0.940 bits per heavy atom. The van der Waals surface area contributed by atoms with E-state index in [2.05, 4.69) is 149 Å². The molecule has 0 aliphatic rings. The van der Waals surface area contributed by atoms with Crippen LogP contribution in [0.25, 0.3) is 0 Å². The average molecular weight is 1440 g/mol. The van der Waals surface area contributed by atoms with Crippen molar-refractivity contribution in [2.75, 3.05) is 39.6 Å². The first kappa shape index (κ1) is 94.4. The number of phosphoric acid groups is 2. The van der Waals surface area contributed by atoms with Crippen LogP contribution in [-0.4, -0.2) is 96.7 Å². The number of allylic oxidation sites excluding steroid dienone is 26. The molecule has 19 heteroatoms. The van der Waals surface area contributed by atoms with E-state index in [9.17, 15) is 43.2 Å². The summed E-state index contributed by atoms with van der Waals surface area (Å²) >= 11 is 0. The minimum atomic E-state index is -5.01. The quantitative estimate of drug-likeness (QED) is 0.0169. The number of phosphoric ester groups is 2. The zero-order valence-electron chi connectivity index (χ0n) is 61.5. The minimum absolute atomic E-state index is 0.0574. The second kappa shape index (κ2) is 71.8. The van der Waals surface area contributed by atoms with Crippen molar-refractivity contribution in [2.24, 2.45) is 0 Å². The van der Waals surface area contributed by atoms with Crippen LogP contribution >= 0.6 is 15.6 Å². The van der Waals surface area contributed by atoms with Gasteiger partial charge in [0.1, 0.15) is 19.3 Å². The summed E-state index contributed by atoms with van der Waals surface area (Å²) in [4.78, 5) is 72.7. The van der Waals surface area contributed by atoms with Crippen molar-refractivity contribution in [3.05, 3.63) is 170 Å². The fourth-order valence-electron chi connectivity index (χ4n) is 9.14. The number of aliphatic hydroxyl groups excluding tert-OH is 1. The first-order valence-electron chi connectivity index (χ1n) is 37.4. The van der Waals surface area contributed by atoms with Gasteiger partial charge in [-0.1, -0.05) is 268 Å². The molecule has 100 heavy (non-hydrogen) atoms. The number of aliphatic hydroxyl groups is 1. The molecule has 566 valence electrons. The van der Waals surface area contributed by atoms with Crippen LogP contribution in [0.15, 0.2) is 170 Å². The molecule has 0 saturated carbocycles. The summed E-state index contributed by atoms with van der Waals surface area (Å²) in [6.07, 6.45) is 84.1. The standard InChI is InChI=1S/C81H130O17P2/c1-5-9-13-17-21-25-29-33-36-37-40-43-46-50-54-58-62-66-79(84)92-72-77(98-81(86)68-64-60-56-52-48-44-39-35-31-27-23-19-15-11-7-3)74-96-100(89,90)94-70-75(82)69-93-99(87,88)95-73-76(97-80(85)67-63-59-55-51-47-41-32-28-24-20-16-12-8-4)71-91-78(83)65-61-57-53-49-45-42-38-34-30-26-22-18-14-10-6-2/h9-11,13-15,21-23,25-28,32-36,38-39,45,48-49,52,57,60-61,64,75-77,82H,5-8,12,16-20,24,29-31,37,40-44,46-47,50-51,53-56,58-59,62-63,65-74H2,1-4H3,(H,87,88)(H,89,90)/b13-9-,14-10-,15-11-,25-21-,26-22-,27-23-,32-28-,36-33-,38-34-,39-35-,49-45-,52-48-,61-57-,64-60-. The fraction of sp³-hybridized carbons (Fsp3) is 0.605. The molecule has 5 unspecified atom stereocenters. The molecule has 0 aromatic rings. The molecule has 0 aromatic carbocycles. The van der Waals surface area contributed by atoms with Gasteiger partial charge >= 0.3 is 39.5 Å². The first-order chi connectivity index (χ1) is 48.7. The lowest BCUT2D eigenvalue weighted by Crippen LogP contribution is -2.30. The van der Waals surface area contributed by atoms with Gasteiger partial charge in [0.05, 0.1) is 39.3 Å². The zero-order valence-corrected chi connectivity index (χ0v) is 63.3. The van der Waals surface area contributed by atoms with E-state index in [-0.39, 0.29) is 25.7 Å². The Morgan fingerprint density at radius 2 is 0.570 bits per heavy atom. The second-order valence-electron chi connectivity index (χ2n) is 24.1. The molecule has 3 N–H and O–H groups in total. The predicted molar refractivity (Wildman–Crippen MR) is 408 cm³/mol. The van der Waals surface area contributed by atoms with Crippen LogP contribution in [0.4, 0.5) is 0 Å². The van der Waals surface area contributed by atoms with Gasteiger partial charge in [0.2, 0.25) is 0 Å². The predicted octanol–water partition coefficient (Wildman–Crippen LogP) is 21.4. The van der Waals surface area contributed by atoms with Gasteiger partial charge in [0, 0.05) is 12.8 Å². The van der Waals surface area contributed by atoms with Gasteiger partial charge in [-0.3, -0.25) is 37.3 Å². The highest BCUT2D eigenvalue weighted by Crippen LogP contribution is 2.45. The molecule has 0 rings (SSSR count). The lowest BCUT2D eigenvalue weighted by molar-refractivity contribution is -0.160. The van der Waals surface area contributed by atoms with Crippen molar-refractivity contribution >= 4 is 39.5 Å². The number of unbranched alkanes of at least 4 members (excludes halogenated alkanes) is 16. The van der Waals surface area contributed by atoms with E-state index in [0.717, 1.165) is 154 Å². The molecule has 0 bridgehead atoms. The summed E-state index contributed by atoms with van der Waals surface area (Å²) in [5.41, 5.74) is 0. The summed E-state index contributed by atoms with van der Waals surface area (Å²) in [5, 5.41) is 10.6. The fourth-order valence-corrected chi connectivity index (χ4v) is 10.7. The summed E-state index contributed by atoms with van der Waals surface area (Å²) in [6, 6.07) is 0. The molecule has 0 heterocycles. The molecule has 5 atom stereocenters. The van der Waals surface area contributed by atoms with Crippen LogP contribution in [0.5, 0.6) is 0 Å². The Hall–Kier alpha value is -5.58. The topological polar surface area (TPSA) is 237 Å². The van der Waals surface area contributed by atoms with Crippen LogP contribution in [0.2, 0.25) is 0 Å². The summed E-state index contributed by atoms with van der Waals surface area (Å²) in [7, 11) is -10.0. The van der Waals surface area contributed by atoms with E-state index in [1.165, 1.54) is 25.7 Å². The molecule has 0 aromatic heterocycles. The number of hydrogen-bond acceptors (Lipinski definition) is 15. The normalized spacial score (nSPS) is 14.9. The second-order valence-corrected chi connectivity index (χ2v) is 27.0. The van der Waals surface area contributed by atoms with Gasteiger partial charge in [-0.25, -0.2) is 9.13 Å². The Kier molecular flexibility index (Phi) is 67.8. The Balaban J connectivity index is 5.50. The SMILES string of the molecule is CC/C=C\C/C=C\C/C=C\C/C=C\C/C=C\CC(=O)OCC(COP(=O)(O)OCC(O)COP(=O)(O)OCC(COC(=O)CCCCCCCCC/C=C\C/C=C\C/C=C\CC)OC(=O)C/C=C\C/C=C\C/C=C\C/C=C\C/C=C\CC)OC(=O)CCCCCCC/C=C\CCCCCC. The third-order valence-corrected chi connectivity index (χ3v) is 16.6. The first-order valence-corrected chi connectivity index (χ1v) is 40.4. The van der Waals surface area contributed by atoms with Crippen LogP contribution in [0.3, 0.4) is 0 Å². The van der Waals surface area contributed by atoms with Crippen molar-refractivity contribution in [1.29, 1.82) is 0 Å². The number of ether oxygens (including phenoxy) is 4. The van der Waals surface area contributed by atoms with E-state index in [4.69, 9.17) is 37.0 Å². The highest BCUT2D eigenvalue weighted by molar-refractivity contribution is 7.47. The van der Waals surface area contributed by atoms with Gasteiger partial charge < -0.3 is 33.8 Å². The third kappa shape index (κ3) is 70.8. The van der Waals surface area contributed by atoms with Crippen molar-refractivity contribution in [1.82, 2.24) is 0 Å². The van der Waals surface area contributed by atoms with Gasteiger partial charge in [0.25, 0.3) is 0 Å². The molecule has 0 radical (unpaired) electrons. The van der Waals surface area contributed by atoms with Gasteiger partial charge in [0.15, 0.2) is 12.2 Å². The maximum Gasteiger partial charge on any atom is 0.472 e. The monoisotopic (exact) mass is 1440 g/mol. The average Bonchev–Trinajstić information content (AvgIpc) is 0.937. The van der Waals surface area contributed by atoms with E-state index in [1.54, 1.807) is 18.2 Å². The van der Waals surface area contributed by atoms with Crippen molar-refractivity contribution in [3.8, 4) is 0 Å². The zero-order chi connectivity index (χ0) is 73.2. The number of rotatable bonds is 68. The third-order valence-electron chi connectivity index (χ3n) is 14.7. The molecular formula is C81H130O17P2. The molecule has 0 saturated heterocycles. The van der Waals surface area contributed by atoms with E-state index in [1.807, 2.05) is 30.4 Å². The summed E-state index contributed by atoms with van der Waals surface area (Å²) in [6.45, 7) is 4.23. The Morgan fingerprint density at radius 1 is 0.300 bits per heavy atom. The van der Waals surface area contributed by atoms with Crippen LogP contribution in [-0.2, 0) is 65.4 Å². The molecule has 0 amide bonds. The highest BCUT2D eigenvalue weighted by atomic mass is 31.2. The molecule has 0 spiro atoms. The molecule has 17 nitrogen and oxygen atoms in total. The lowest BCUT2D eigenvalue weighted by Gasteiger charge is -2.21. The van der Waals surface area contributed by atoms with E-state index in [0.29, 0.717) is 25.7 Å². The molecule has 0 aliphatic carbocycles. The lowest BCUT2D eigenvalue weighted by atomic mass is 10.1. The number of hydrogen-bond donors (Lipinski definition) is 3. The molecule has 0 fully saturated rings. The highest BCUT2D eigenvalue weighted by Gasteiger charge is 2.30. The smallest absolute Gasteiger partial charge is 0.462 e. The van der Waals surface area contributed by atoms with Crippen LogP contribution in [0.1, 0.15) is 259 Å². The Labute approximate surface area is 603 Å². The van der Waals surface area contributed by atoms with Crippen molar-refractivity contribution in [2.45, 2.75) is 277 Å². The van der Waals surface area contributed by atoms with Crippen molar-refractivity contribution in [3.63, 3.8) is 0 Å². The minimum Gasteiger partial charge on any atom is -0.462 e. The van der Waals surface area contributed by atoms with Gasteiger partial charge in [-0.2, -0.15) is 0 Å². The number of esters is 4.